The number of nitrogens with zero attached hydrogens (tertiary/aromatic N) is 1. The van der Waals surface area contributed by atoms with E-state index in [1.807, 2.05) is 0 Å². The van der Waals surface area contributed by atoms with Crippen LogP contribution in [0.15, 0.2) is 0 Å². The fourth-order valence-electron chi connectivity index (χ4n) is 4.63. The molecule has 3 nitrogen and oxygen atoms in total. The normalized spacial score (nSPS) is 36.4. The van der Waals surface area contributed by atoms with Crippen LogP contribution < -0.4 is 5.32 Å². The van der Waals surface area contributed by atoms with Gasteiger partial charge in [-0.2, -0.15) is 0 Å². The molecule has 1 heterocycles. The van der Waals surface area contributed by atoms with Crippen molar-refractivity contribution in [2.24, 2.45) is 17.8 Å². The molecule has 0 aromatic rings. The second-order valence-corrected chi connectivity index (χ2v) is 7.03. The lowest BCUT2D eigenvalue weighted by atomic mass is 9.84. The van der Waals surface area contributed by atoms with Gasteiger partial charge in [-0.15, -0.1) is 0 Å². The Morgan fingerprint density at radius 2 is 2.00 bits per heavy atom. The lowest BCUT2D eigenvalue weighted by Crippen LogP contribution is -2.45. The van der Waals surface area contributed by atoms with E-state index in [4.69, 9.17) is 0 Å². The molecule has 19 heavy (non-hydrogen) atoms. The molecule has 1 saturated heterocycles. The molecular weight excluding hydrogens is 236 g/mol. The third-order valence-electron chi connectivity index (χ3n) is 5.64. The third-order valence-corrected chi connectivity index (χ3v) is 5.64. The van der Waals surface area contributed by atoms with Crippen molar-refractivity contribution in [2.45, 2.75) is 57.9 Å². The molecule has 4 atom stereocenters. The first-order valence-electron chi connectivity index (χ1n) is 8.24. The summed E-state index contributed by atoms with van der Waals surface area (Å²) in [5.74, 6) is 2.87. The highest BCUT2D eigenvalue weighted by Gasteiger charge is 2.42. The van der Waals surface area contributed by atoms with Gasteiger partial charge in [0.25, 0.3) is 0 Å². The standard InChI is InChI=1S/C16H28N2O/c1-12(15-10-13-5-6-14(15)9-13)17-16(19)11-18-7-3-2-4-8-18/h12-15H,2-11H2,1H3,(H,17,19)/t12-,13-,14-,15+/m1/s1. The summed E-state index contributed by atoms with van der Waals surface area (Å²) in [5, 5.41) is 3.27. The number of carbonyl (C=O) groups excluding carboxylic acids is 1. The van der Waals surface area contributed by atoms with E-state index < -0.39 is 0 Å². The molecule has 0 spiro atoms. The molecule has 0 aromatic heterocycles. The van der Waals surface area contributed by atoms with Gasteiger partial charge in [-0.25, -0.2) is 0 Å². The van der Waals surface area contributed by atoms with Gasteiger partial charge >= 0.3 is 0 Å². The number of hydrogen-bond acceptors (Lipinski definition) is 2. The number of hydrogen-bond donors (Lipinski definition) is 1. The van der Waals surface area contributed by atoms with Gasteiger partial charge in [0.2, 0.25) is 5.91 Å². The molecule has 108 valence electrons. The molecule has 1 aliphatic heterocycles. The summed E-state index contributed by atoms with van der Waals surface area (Å²) in [6.07, 6.45) is 9.48. The van der Waals surface area contributed by atoms with E-state index in [-0.39, 0.29) is 5.91 Å². The first-order valence-corrected chi connectivity index (χ1v) is 8.24. The lowest BCUT2D eigenvalue weighted by molar-refractivity contribution is -0.123. The van der Waals surface area contributed by atoms with Gasteiger partial charge in [-0.05, 0) is 69.9 Å². The van der Waals surface area contributed by atoms with Gasteiger partial charge in [0.05, 0.1) is 6.54 Å². The molecule has 3 aliphatic rings. The fourth-order valence-corrected chi connectivity index (χ4v) is 4.63. The van der Waals surface area contributed by atoms with Gasteiger partial charge in [0.15, 0.2) is 0 Å². The fraction of sp³-hybridized carbons (Fsp3) is 0.938. The van der Waals surface area contributed by atoms with Crippen molar-refractivity contribution < 1.29 is 4.79 Å². The summed E-state index contributed by atoms with van der Waals surface area (Å²) in [6.45, 7) is 5.05. The Labute approximate surface area is 117 Å². The Morgan fingerprint density at radius 3 is 2.63 bits per heavy atom. The van der Waals surface area contributed by atoms with E-state index in [0.717, 1.165) is 30.8 Å². The minimum Gasteiger partial charge on any atom is -0.352 e. The lowest BCUT2D eigenvalue weighted by Gasteiger charge is -2.30. The van der Waals surface area contributed by atoms with Crippen LogP contribution in [0.1, 0.15) is 51.9 Å². The van der Waals surface area contributed by atoms with E-state index in [9.17, 15) is 4.79 Å². The second-order valence-electron chi connectivity index (χ2n) is 7.03. The Kier molecular flexibility index (Phi) is 4.11. The molecule has 2 saturated carbocycles. The SMILES string of the molecule is C[C@@H](NC(=O)CN1CCCCC1)[C@@H]1C[C@@H]2CC[C@@H]1C2. The molecule has 0 aromatic carbocycles. The van der Waals surface area contributed by atoms with Crippen LogP contribution in [0.5, 0.6) is 0 Å². The molecule has 1 N–H and O–H groups in total. The molecule has 2 bridgehead atoms. The summed E-state index contributed by atoms with van der Waals surface area (Å²) in [4.78, 5) is 14.4. The van der Waals surface area contributed by atoms with Gasteiger partial charge < -0.3 is 5.32 Å². The van der Waals surface area contributed by atoms with Crippen LogP contribution in [-0.4, -0.2) is 36.5 Å². The number of likely N-dealkylation sites (tertiary alicyclic amines) is 1. The van der Waals surface area contributed by atoms with Crippen LogP contribution in [0, 0.1) is 17.8 Å². The molecule has 3 rings (SSSR count). The molecule has 1 amide bonds. The predicted molar refractivity (Wildman–Crippen MR) is 76.8 cm³/mol. The number of piperidine rings is 1. The topological polar surface area (TPSA) is 32.3 Å². The highest BCUT2D eigenvalue weighted by atomic mass is 16.2. The van der Waals surface area contributed by atoms with Crippen LogP contribution in [0.4, 0.5) is 0 Å². The second kappa shape index (κ2) is 5.82. The summed E-state index contributed by atoms with van der Waals surface area (Å²) < 4.78 is 0. The molecule has 3 heteroatoms. The average molecular weight is 264 g/mol. The quantitative estimate of drug-likeness (QED) is 0.845. The summed E-state index contributed by atoms with van der Waals surface area (Å²) in [6, 6.07) is 0.382. The maximum absolute atomic E-state index is 12.1. The first-order chi connectivity index (χ1) is 9.22. The van der Waals surface area contributed by atoms with Crippen LogP contribution in [-0.2, 0) is 4.79 Å². The molecule has 2 aliphatic carbocycles. The van der Waals surface area contributed by atoms with Gasteiger partial charge in [0, 0.05) is 6.04 Å². The van der Waals surface area contributed by atoms with Crippen molar-refractivity contribution in [3.05, 3.63) is 0 Å². The number of carbonyl (C=O) groups is 1. The Hall–Kier alpha value is -0.570. The van der Waals surface area contributed by atoms with E-state index in [1.54, 1.807) is 0 Å². The number of amides is 1. The van der Waals surface area contributed by atoms with E-state index in [0.29, 0.717) is 12.6 Å². The Balaban J connectivity index is 1.43. The maximum Gasteiger partial charge on any atom is 0.234 e. The summed E-state index contributed by atoms with van der Waals surface area (Å²) in [7, 11) is 0. The van der Waals surface area contributed by atoms with Crippen LogP contribution in [0.25, 0.3) is 0 Å². The maximum atomic E-state index is 12.1. The van der Waals surface area contributed by atoms with Gasteiger partial charge in [0.1, 0.15) is 0 Å². The van der Waals surface area contributed by atoms with Crippen LogP contribution >= 0.6 is 0 Å². The van der Waals surface area contributed by atoms with Gasteiger partial charge in [-0.1, -0.05) is 12.8 Å². The molecular formula is C16H28N2O. The van der Waals surface area contributed by atoms with Gasteiger partial charge in [-0.3, -0.25) is 9.69 Å². The number of fused-ring (bicyclic) bond motifs is 2. The summed E-state index contributed by atoms with van der Waals surface area (Å²) >= 11 is 0. The zero-order chi connectivity index (χ0) is 13.2. The van der Waals surface area contributed by atoms with Crippen molar-refractivity contribution >= 4 is 5.91 Å². The smallest absolute Gasteiger partial charge is 0.234 e. The highest BCUT2D eigenvalue weighted by Crippen LogP contribution is 2.49. The largest absolute Gasteiger partial charge is 0.352 e. The summed E-state index contributed by atoms with van der Waals surface area (Å²) in [5.41, 5.74) is 0. The Bertz CT molecular complexity index is 325. The zero-order valence-electron chi connectivity index (χ0n) is 12.2. The number of rotatable bonds is 4. The minimum absolute atomic E-state index is 0.247. The highest BCUT2D eigenvalue weighted by molar-refractivity contribution is 5.78. The van der Waals surface area contributed by atoms with Crippen LogP contribution in [0.2, 0.25) is 0 Å². The van der Waals surface area contributed by atoms with Crippen molar-refractivity contribution in [2.75, 3.05) is 19.6 Å². The zero-order valence-corrected chi connectivity index (χ0v) is 12.2. The number of nitrogens with one attached hydrogen (secondary N) is 1. The van der Waals surface area contributed by atoms with Crippen molar-refractivity contribution in [1.29, 1.82) is 0 Å². The molecule has 0 unspecified atom stereocenters. The van der Waals surface area contributed by atoms with E-state index in [1.165, 1.54) is 44.9 Å². The first kappa shape index (κ1) is 13.4. The molecule has 0 radical (unpaired) electrons. The van der Waals surface area contributed by atoms with E-state index >= 15 is 0 Å². The van der Waals surface area contributed by atoms with Crippen molar-refractivity contribution in [3.63, 3.8) is 0 Å². The van der Waals surface area contributed by atoms with E-state index in [2.05, 4.69) is 17.1 Å². The average Bonchev–Trinajstić information content (AvgIpc) is 3.02. The molecule has 3 fully saturated rings. The minimum atomic E-state index is 0.247. The monoisotopic (exact) mass is 264 g/mol. The van der Waals surface area contributed by atoms with Crippen molar-refractivity contribution in [3.8, 4) is 0 Å². The predicted octanol–water partition coefficient (Wildman–Crippen LogP) is 2.41. The van der Waals surface area contributed by atoms with Crippen LogP contribution in [0.3, 0.4) is 0 Å². The third kappa shape index (κ3) is 3.13. The Morgan fingerprint density at radius 1 is 1.21 bits per heavy atom. The van der Waals surface area contributed by atoms with Crippen molar-refractivity contribution in [1.82, 2.24) is 10.2 Å².